The van der Waals surface area contributed by atoms with Crippen LogP contribution < -0.4 is 17.3 Å². The summed E-state index contributed by atoms with van der Waals surface area (Å²) in [6, 6.07) is 0. The third kappa shape index (κ3) is 13.2. The summed E-state index contributed by atoms with van der Waals surface area (Å²) in [5.74, 6) is 5.62. The van der Waals surface area contributed by atoms with E-state index < -0.39 is 0 Å². The number of nitrogens with zero attached hydrogens (tertiary/aromatic N) is 1. The van der Waals surface area contributed by atoms with E-state index in [2.05, 4.69) is 0 Å². The molecule has 0 aliphatic heterocycles. The van der Waals surface area contributed by atoms with Crippen molar-refractivity contribution in [2.75, 3.05) is 52.7 Å². The molecule has 0 radical (unpaired) electrons. The van der Waals surface area contributed by atoms with Gasteiger partial charge < -0.3 is 30.7 Å². The normalized spacial score (nSPS) is 11.8. The van der Waals surface area contributed by atoms with Crippen LogP contribution in [0.4, 0.5) is 0 Å². The summed E-state index contributed by atoms with van der Waals surface area (Å²) in [4.78, 5) is 0. The van der Waals surface area contributed by atoms with Crippen LogP contribution in [0.1, 0.15) is 6.92 Å². The first-order chi connectivity index (χ1) is 8.66. The molecule has 7 nitrogen and oxygen atoms in total. The van der Waals surface area contributed by atoms with E-state index >= 15 is 0 Å². The van der Waals surface area contributed by atoms with E-state index in [-0.39, 0.29) is 0 Å². The number of nitrogens with two attached hydrogens (primary N) is 3. The summed E-state index contributed by atoms with van der Waals surface area (Å²) in [7, 11) is 0. The van der Waals surface area contributed by atoms with Crippen molar-refractivity contribution in [2.45, 2.75) is 6.92 Å². The molecule has 0 bridgehead atoms. The Hall–Kier alpha value is -0.860. The Bertz CT molecular complexity index is 210. The first kappa shape index (κ1) is 17.1. The molecule has 18 heavy (non-hydrogen) atoms. The van der Waals surface area contributed by atoms with Crippen LogP contribution in [0.25, 0.3) is 0 Å². The van der Waals surface area contributed by atoms with Gasteiger partial charge in [-0.2, -0.15) is 0 Å². The molecule has 6 N–H and O–H groups in total. The van der Waals surface area contributed by atoms with E-state index in [1.807, 2.05) is 0 Å². The molecule has 0 saturated carbocycles. The molecule has 0 spiro atoms. The second-order valence-electron chi connectivity index (χ2n) is 3.74. The van der Waals surface area contributed by atoms with Crippen LogP contribution in [0.15, 0.2) is 11.9 Å². The average molecular weight is 262 g/mol. The minimum Gasteiger partial charge on any atom is -0.401 e. The van der Waals surface area contributed by atoms with Crippen molar-refractivity contribution in [1.29, 1.82) is 0 Å². The van der Waals surface area contributed by atoms with Crippen molar-refractivity contribution in [3.05, 3.63) is 11.9 Å². The highest BCUT2D eigenvalue weighted by Crippen LogP contribution is 1.86. The Kier molecular flexibility index (Phi) is 12.0. The van der Waals surface area contributed by atoms with Crippen molar-refractivity contribution < 1.29 is 14.2 Å². The molecular formula is C11H26N4O3. The number of hydrogen-bond donors (Lipinski definition) is 3. The standard InChI is InChI=1S/C11H26N4O3/c1-11(13)10-15(14)3-5-17-7-9-18-8-6-16-4-2-12/h10H,2-9,12-14H2,1H3/b11-10-. The van der Waals surface area contributed by atoms with Crippen molar-refractivity contribution in [1.82, 2.24) is 5.01 Å². The number of ether oxygens (including phenoxy) is 3. The van der Waals surface area contributed by atoms with Gasteiger partial charge in [-0.3, -0.25) is 0 Å². The molecule has 0 aromatic carbocycles. The van der Waals surface area contributed by atoms with E-state index in [1.165, 1.54) is 5.01 Å². The lowest BCUT2D eigenvalue weighted by Gasteiger charge is -2.14. The van der Waals surface area contributed by atoms with Crippen LogP contribution in [0, 0.1) is 0 Å². The van der Waals surface area contributed by atoms with Gasteiger partial charge in [-0.05, 0) is 6.92 Å². The van der Waals surface area contributed by atoms with E-state index in [9.17, 15) is 0 Å². The van der Waals surface area contributed by atoms with E-state index in [0.29, 0.717) is 58.4 Å². The van der Waals surface area contributed by atoms with Gasteiger partial charge in [-0.1, -0.05) is 0 Å². The molecule has 0 rings (SSSR count). The second-order valence-corrected chi connectivity index (χ2v) is 3.74. The second kappa shape index (κ2) is 12.6. The van der Waals surface area contributed by atoms with E-state index in [1.54, 1.807) is 13.1 Å². The maximum Gasteiger partial charge on any atom is 0.0701 e. The molecule has 0 aliphatic rings. The molecular weight excluding hydrogens is 236 g/mol. The lowest BCUT2D eigenvalue weighted by molar-refractivity contribution is 0.0135. The topological polar surface area (TPSA) is 109 Å². The van der Waals surface area contributed by atoms with Gasteiger partial charge in [0.05, 0.1) is 46.2 Å². The van der Waals surface area contributed by atoms with Gasteiger partial charge in [0.15, 0.2) is 0 Å². The lowest BCUT2D eigenvalue weighted by atomic mass is 10.5. The molecule has 0 atom stereocenters. The van der Waals surface area contributed by atoms with Gasteiger partial charge in [-0.15, -0.1) is 0 Å². The van der Waals surface area contributed by atoms with Gasteiger partial charge in [0.2, 0.25) is 0 Å². The molecule has 108 valence electrons. The number of rotatable bonds is 12. The average Bonchev–Trinajstić information content (AvgIpc) is 2.30. The summed E-state index contributed by atoms with van der Waals surface area (Å²) in [6.45, 7) is 6.21. The fourth-order valence-electron chi connectivity index (χ4n) is 1.12. The monoisotopic (exact) mass is 262 g/mol. The highest BCUT2D eigenvalue weighted by Gasteiger charge is 1.94. The Morgan fingerprint density at radius 2 is 1.50 bits per heavy atom. The predicted molar refractivity (Wildman–Crippen MR) is 70.3 cm³/mol. The summed E-state index contributed by atoms with van der Waals surface area (Å²) < 4.78 is 15.8. The zero-order valence-corrected chi connectivity index (χ0v) is 11.1. The van der Waals surface area contributed by atoms with Crippen LogP contribution in [-0.4, -0.2) is 57.7 Å². The van der Waals surface area contributed by atoms with Gasteiger partial charge in [-0.25, -0.2) is 5.84 Å². The highest BCUT2D eigenvalue weighted by molar-refractivity contribution is 4.89. The fraction of sp³-hybridized carbons (Fsp3) is 0.818. The molecule has 0 saturated heterocycles. The minimum atomic E-state index is 0.535. The summed E-state index contributed by atoms with van der Waals surface area (Å²) in [5.41, 5.74) is 11.4. The zero-order chi connectivity index (χ0) is 13.6. The zero-order valence-electron chi connectivity index (χ0n) is 11.1. The highest BCUT2D eigenvalue weighted by atomic mass is 16.5. The molecule has 0 aliphatic carbocycles. The number of hydrazine groups is 1. The maximum atomic E-state index is 5.62. The van der Waals surface area contributed by atoms with E-state index in [0.717, 1.165) is 0 Å². The molecule has 0 aromatic heterocycles. The summed E-state index contributed by atoms with van der Waals surface area (Å²) >= 11 is 0. The largest absolute Gasteiger partial charge is 0.401 e. The van der Waals surface area contributed by atoms with Crippen molar-refractivity contribution in [3.8, 4) is 0 Å². The minimum absolute atomic E-state index is 0.535. The molecule has 7 heteroatoms. The first-order valence-electron chi connectivity index (χ1n) is 6.05. The number of allylic oxidation sites excluding steroid dienone is 1. The summed E-state index contributed by atoms with van der Waals surface area (Å²) in [5, 5.41) is 1.50. The lowest BCUT2D eigenvalue weighted by Crippen LogP contribution is -2.30. The van der Waals surface area contributed by atoms with Gasteiger partial charge in [0.25, 0.3) is 0 Å². The third-order valence-electron chi connectivity index (χ3n) is 1.87. The quantitative estimate of drug-likeness (QED) is 0.235. The predicted octanol–water partition coefficient (Wildman–Crippen LogP) is -1.01. The Labute approximate surface area is 109 Å². The van der Waals surface area contributed by atoms with Gasteiger partial charge >= 0.3 is 0 Å². The smallest absolute Gasteiger partial charge is 0.0701 e. The first-order valence-corrected chi connectivity index (χ1v) is 6.05. The van der Waals surface area contributed by atoms with Crippen molar-refractivity contribution in [3.63, 3.8) is 0 Å². The molecule has 0 aromatic rings. The van der Waals surface area contributed by atoms with Crippen LogP contribution in [0.2, 0.25) is 0 Å². The van der Waals surface area contributed by atoms with Crippen molar-refractivity contribution in [2.24, 2.45) is 17.3 Å². The van der Waals surface area contributed by atoms with E-state index in [4.69, 9.17) is 31.5 Å². The summed E-state index contributed by atoms with van der Waals surface area (Å²) in [6.07, 6.45) is 1.66. The van der Waals surface area contributed by atoms with Gasteiger partial charge in [0.1, 0.15) is 0 Å². The maximum absolute atomic E-state index is 5.62. The Morgan fingerprint density at radius 3 is 2.00 bits per heavy atom. The molecule has 0 amide bonds. The van der Waals surface area contributed by atoms with Crippen molar-refractivity contribution >= 4 is 0 Å². The van der Waals surface area contributed by atoms with Crippen LogP contribution in [0.5, 0.6) is 0 Å². The van der Waals surface area contributed by atoms with Gasteiger partial charge in [0, 0.05) is 18.4 Å². The number of hydrogen-bond acceptors (Lipinski definition) is 7. The molecule has 0 heterocycles. The third-order valence-corrected chi connectivity index (χ3v) is 1.87. The molecule has 0 unspecified atom stereocenters. The van der Waals surface area contributed by atoms with Crippen LogP contribution >= 0.6 is 0 Å². The van der Waals surface area contributed by atoms with Crippen LogP contribution in [-0.2, 0) is 14.2 Å². The SMILES string of the molecule is C/C(N)=C/N(N)CCOCCOCCOCCN. The molecule has 0 fully saturated rings. The Morgan fingerprint density at radius 1 is 1.00 bits per heavy atom. The Balaban J connectivity index is 3.14. The fourth-order valence-corrected chi connectivity index (χ4v) is 1.12. The van der Waals surface area contributed by atoms with Crippen LogP contribution in [0.3, 0.4) is 0 Å².